The van der Waals surface area contributed by atoms with Gasteiger partial charge in [0.2, 0.25) is 0 Å². The predicted octanol–water partition coefficient (Wildman–Crippen LogP) is -3.31. The Morgan fingerprint density at radius 2 is 1.27 bits per heavy atom. The van der Waals surface area contributed by atoms with Gasteiger partial charge in [0.1, 0.15) is 0 Å². The molecular formula is C3H18N3O8P. The number of carbonyl (C=O) groups is 2. The maximum Gasteiger partial charge on any atom is 0.262 e. The SMILES string of the molecule is CC(=O)[O-].O=C[O-].O=P([O-])(O)O.[NH4+].[NH4+].[NH4+]. The van der Waals surface area contributed by atoms with Gasteiger partial charge in [0, 0.05) is 12.4 Å². The molecule has 0 heterocycles. The van der Waals surface area contributed by atoms with Crippen LogP contribution in [0.15, 0.2) is 0 Å². The summed E-state index contributed by atoms with van der Waals surface area (Å²) in [6, 6.07) is 0. The quantitative estimate of drug-likeness (QED) is 0.215. The molecule has 0 saturated heterocycles. The van der Waals surface area contributed by atoms with Gasteiger partial charge >= 0.3 is 0 Å². The molecule has 11 nitrogen and oxygen atoms in total. The molecule has 14 N–H and O–H groups in total. The van der Waals surface area contributed by atoms with Crippen molar-refractivity contribution in [2.45, 2.75) is 6.92 Å². The van der Waals surface area contributed by atoms with Gasteiger partial charge in [0.05, 0.1) is 0 Å². The number of carbonyl (C=O) groups excluding carboxylic acids is 2. The zero-order valence-corrected chi connectivity index (χ0v) is 9.76. The van der Waals surface area contributed by atoms with E-state index in [-0.39, 0.29) is 18.5 Å². The first kappa shape index (κ1) is 37.0. The summed E-state index contributed by atoms with van der Waals surface area (Å²) in [6.07, 6.45) is 0. The second-order valence-electron chi connectivity index (χ2n) is 1.08. The maximum atomic E-state index is 8.89. The van der Waals surface area contributed by atoms with Crippen molar-refractivity contribution in [1.29, 1.82) is 0 Å². The summed E-state index contributed by atoms with van der Waals surface area (Å²) in [6.45, 7) is 0.472. The van der Waals surface area contributed by atoms with Gasteiger partial charge in [-0.25, -0.2) is 0 Å². The first-order valence-corrected chi connectivity index (χ1v) is 3.68. The molecule has 12 heteroatoms. The van der Waals surface area contributed by atoms with Gasteiger partial charge in [-0.1, -0.05) is 0 Å². The molecule has 0 radical (unpaired) electrons. The van der Waals surface area contributed by atoms with Crippen molar-refractivity contribution in [1.82, 2.24) is 18.5 Å². The lowest BCUT2D eigenvalue weighted by Gasteiger charge is -2.01. The molecule has 0 rings (SSSR count). The maximum absolute atomic E-state index is 8.89. The van der Waals surface area contributed by atoms with Crippen LogP contribution in [0.3, 0.4) is 0 Å². The largest absolute Gasteiger partial charge is 0.756 e. The molecule has 0 amide bonds. The van der Waals surface area contributed by atoms with Crippen molar-refractivity contribution in [3.63, 3.8) is 0 Å². The Labute approximate surface area is 85.7 Å². The van der Waals surface area contributed by atoms with Gasteiger partial charge in [-0.2, -0.15) is 0 Å². The van der Waals surface area contributed by atoms with Crippen LogP contribution in [0.2, 0.25) is 0 Å². The van der Waals surface area contributed by atoms with E-state index in [4.69, 9.17) is 39.0 Å². The highest BCUT2D eigenvalue weighted by atomic mass is 31.2. The zero-order valence-electron chi connectivity index (χ0n) is 8.87. The number of carboxylic acid groups (broad SMARTS) is 2. The summed E-state index contributed by atoms with van der Waals surface area (Å²) in [7, 11) is -4.89. The van der Waals surface area contributed by atoms with Crippen LogP contribution >= 0.6 is 7.82 Å². The average molecular weight is 255 g/mol. The fourth-order valence-electron chi connectivity index (χ4n) is 0. The third kappa shape index (κ3) is 1350. The van der Waals surface area contributed by atoms with Gasteiger partial charge in [-0.3, -0.25) is 4.57 Å². The van der Waals surface area contributed by atoms with Crippen molar-refractivity contribution in [2.75, 3.05) is 0 Å². The van der Waals surface area contributed by atoms with Gasteiger partial charge < -0.3 is 52.9 Å². The summed E-state index contributed by atoms with van der Waals surface area (Å²) in [5.74, 6) is -1.08. The molecule has 0 aliphatic carbocycles. The molecule has 15 heavy (non-hydrogen) atoms. The van der Waals surface area contributed by atoms with E-state index >= 15 is 0 Å². The second-order valence-corrected chi connectivity index (χ2v) is 2.06. The number of hydrogen-bond acceptors (Lipinski definition) is 6. The van der Waals surface area contributed by atoms with Crippen molar-refractivity contribution in [3.05, 3.63) is 0 Å². The minimum Gasteiger partial charge on any atom is -0.756 e. The number of phosphoric acid groups is 1. The lowest BCUT2D eigenvalue weighted by molar-refractivity contribution is -0.302. The smallest absolute Gasteiger partial charge is 0.262 e. The Balaban J connectivity index is -0.0000000189. The van der Waals surface area contributed by atoms with Gasteiger partial charge in [0.25, 0.3) is 7.82 Å². The molecule has 0 aliphatic rings. The topological polar surface area (TPSA) is 270 Å². The lowest BCUT2D eigenvalue weighted by Crippen LogP contribution is -2.16. The highest BCUT2D eigenvalue weighted by Gasteiger charge is 1.82. The molecular weight excluding hydrogens is 237 g/mol. The second kappa shape index (κ2) is 23.1. The van der Waals surface area contributed by atoms with E-state index in [0.717, 1.165) is 6.92 Å². The Kier molecular flexibility index (Phi) is 57.0. The Hall–Kier alpha value is -1.07. The zero-order chi connectivity index (χ0) is 10.8. The average Bonchev–Trinajstić information content (AvgIpc) is 1.56. The number of hydrogen-bond donors (Lipinski definition) is 5. The molecule has 0 aromatic heterocycles. The van der Waals surface area contributed by atoms with Crippen molar-refractivity contribution < 1.29 is 39.0 Å². The third-order valence-electron chi connectivity index (χ3n) is 0. The number of quaternary nitrogens is 3. The normalized spacial score (nSPS) is 6.40. The number of rotatable bonds is 0. The van der Waals surface area contributed by atoms with E-state index in [1.165, 1.54) is 0 Å². The Morgan fingerprint density at radius 1 is 1.27 bits per heavy atom. The van der Waals surface area contributed by atoms with Gasteiger partial charge in [-0.15, -0.1) is 0 Å². The van der Waals surface area contributed by atoms with Crippen molar-refractivity contribution >= 4 is 20.3 Å². The van der Waals surface area contributed by atoms with Crippen molar-refractivity contribution in [2.24, 2.45) is 0 Å². The highest BCUT2D eigenvalue weighted by Crippen LogP contribution is 2.18. The molecule has 0 aromatic rings. The molecule has 0 aromatic carbocycles. The summed E-state index contributed by atoms with van der Waals surface area (Å²) in [4.78, 5) is 40.1. The van der Waals surface area contributed by atoms with E-state index in [1.54, 1.807) is 0 Å². The van der Waals surface area contributed by atoms with Crippen LogP contribution in [0.25, 0.3) is 0 Å². The van der Waals surface area contributed by atoms with Crippen LogP contribution in [0, 0.1) is 0 Å². The van der Waals surface area contributed by atoms with Crippen LogP contribution in [-0.4, -0.2) is 22.2 Å². The number of carboxylic acids is 1. The molecule has 0 fully saturated rings. The van der Waals surface area contributed by atoms with Crippen molar-refractivity contribution in [3.8, 4) is 0 Å². The van der Waals surface area contributed by atoms with E-state index < -0.39 is 20.3 Å². The number of aliphatic carboxylic acids is 1. The van der Waals surface area contributed by atoms with E-state index in [1.807, 2.05) is 0 Å². The predicted molar refractivity (Wildman–Crippen MR) is 46.7 cm³/mol. The van der Waals surface area contributed by atoms with Gasteiger partial charge in [-0.05, 0) is 6.92 Å². The minimum absolute atomic E-state index is 0. The molecule has 0 unspecified atom stereocenters. The highest BCUT2D eigenvalue weighted by molar-refractivity contribution is 7.43. The van der Waals surface area contributed by atoms with Crippen LogP contribution < -0.4 is 33.6 Å². The van der Waals surface area contributed by atoms with E-state index in [2.05, 4.69) is 0 Å². The Bertz CT molecular complexity index is 156. The molecule has 0 aliphatic heterocycles. The molecule has 0 saturated carbocycles. The third-order valence-corrected chi connectivity index (χ3v) is 0. The fraction of sp³-hybridized carbons (Fsp3) is 0.333. The standard InChI is InChI=1S/C2H4O2.CH2O2.3H3N.H3O4P/c1-2(3)4;2-1-3;;;;1-5(2,3)4/h1H3,(H,3,4);1H,(H,2,3);3*1H3;(H3,1,2,3,4). The van der Waals surface area contributed by atoms with Crippen LogP contribution in [-0.2, 0) is 14.2 Å². The summed E-state index contributed by atoms with van der Waals surface area (Å²) < 4.78 is 8.77. The fourth-order valence-corrected chi connectivity index (χ4v) is 0. The summed E-state index contributed by atoms with van der Waals surface area (Å²) in [5, 5.41) is 17.1. The summed E-state index contributed by atoms with van der Waals surface area (Å²) in [5.41, 5.74) is 0. The van der Waals surface area contributed by atoms with Crippen LogP contribution in [0.4, 0.5) is 0 Å². The lowest BCUT2D eigenvalue weighted by atomic mass is 10.9. The minimum atomic E-state index is -4.89. The Morgan fingerprint density at radius 3 is 1.27 bits per heavy atom. The monoisotopic (exact) mass is 255 g/mol. The molecule has 0 atom stereocenters. The first-order chi connectivity index (χ1) is 5.15. The summed E-state index contributed by atoms with van der Waals surface area (Å²) >= 11 is 0. The molecule has 0 bridgehead atoms. The van der Waals surface area contributed by atoms with Crippen LogP contribution in [0.5, 0.6) is 0 Å². The molecule has 0 spiro atoms. The first-order valence-electron chi connectivity index (χ1n) is 2.14. The van der Waals surface area contributed by atoms with E-state index in [9.17, 15) is 0 Å². The van der Waals surface area contributed by atoms with Crippen LogP contribution in [0.1, 0.15) is 6.92 Å². The van der Waals surface area contributed by atoms with E-state index in [0.29, 0.717) is 0 Å². The van der Waals surface area contributed by atoms with Gasteiger partial charge in [0.15, 0.2) is 0 Å². The molecule has 98 valence electrons.